The van der Waals surface area contributed by atoms with Crippen molar-refractivity contribution in [2.75, 3.05) is 20.3 Å². The van der Waals surface area contributed by atoms with Crippen LogP contribution >= 0.6 is 34.8 Å². The van der Waals surface area contributed by atoms with Gasteiger partial charge in [0, 0.05) is 48.5 Å². The van der Waals surface area contributed by atoms with Gasteiger partial charge in [-0.1, -0.05) is 53.0 Å². The summed E-state index contributed by atoms with van der Waals surface area (Å²) in [6.07, 6.45) is -18.6. The summed E-state index contributed by atoms with van der Waals surface area (Å²) >= 11 is 17.8. The molecule has 0 unspecified atom stereocenters. The molecule has 2 aliphatic heterocycles. The fraction of sp³-hybridized carbons (Fsp3) is 0.590. The first-order valence-electron chi connectivity index (χ1n) is 19.2. The maximum Gasteiger partial charge on any atom is 0.366 e. The number of halogens is 3. The van der Waals surface area contributed by atoms with E-state index in [-0.39, 0.29) is 5.56 Å². The third-order valence-corrected chi connectivity index (χ3v) is 9.41. The SMILES string of the molecule is COC(=O)[C@@]1(O[C@H]2[C@@H](OC(C)=O)[C@@H](COC(=O)c3ccccc3)O[C@@H](OC(=N)C(Cl)(Cl)Cl)[C@@H]2OC(C)=O)C[C@H](OC(C)=O)[C@@H](NC(C)=O)[C@H]([C@H](OC(C)=O)[C@@H](COC(C)=O)OC(C)=O)O1. The van der Waals surface area contributed by atoms with Gasteiger partial charge in [0.25, 0.3) is 9.58 Å². The van der Waals surface area contributed by atoms with E-state index in [0.717, 1.165) is 55.6 Å². The molecule has 11 atom stereocenters. The van der Waals surface area contributed by atoms with E-state index in [0.29, 0.717) is 0 Å². The van der Waals surface area contributed by atoms with Gasteiger partial charge in [0.2, 0.25) is 18.1 Å². The number of rotatable bonds is 17. The minimum absolute atomic E-state index is 0.0586. The molecule has 2 fully saturated rings. The Morgan fingerprint density at radius 2 is 1.35 bits per heavy atom. The van der Waals surface area contributed by atoms with E-state index in [1.807, 2.05) is 0 Å². The fourth-order valence-corrected chi connectivity index (χ4v) is 6.76. The average Bonchev–Trinajstić information content (AvgIpc) is 3.19. The number of carbonyl (C=O) groups is 9. The number of hydrogen-bond acceptors (Lipinski definition) is 22. The van der Waals surface area contributed by atoms with Gasteiger partial charge in [-0.15, -0.1) is 0 Å². The molecule has 2 heterocycles. The van der Waals surface area contributed by atoms with Crippen LogP contribution in [0.15, 0.2) is 30.3 Å². The lowest BCUT2D eigenvalue weighted by Gasteiger charge is -2.51. The van der Waals surface area contributed by atoms with Gasteiger partial charge < -0.3 is 62.2 Å². The quantitative estimate of drug-likeness (QED) is 0.0738. The van der Waals surface area contributed by atoms with Gasteiger partial charge in [0.1, 0.15) is 37.6 Å². The lowest BCUT2D eigenvalue weighted by molar-refractivity contribution is -0.366. The topological polar surface area (TPSA) is 300 Å². The molecule has 2 aliphatic rings. The Labute approximate surface area is 385 Å². The van der Waals surface area contributed by atoms with E-state index < -0.39 is 150 Å². The maximum absolute atomic E-state index is 14.4. The predicted molar refractivity (Wildman–Crippen MR) is 216 cm³/mol. The molecule has 360 valence electrons. The Bertz CT molecular complexity index is 1950. The Kier molecular flexibility index (Phi) is 19.7. The third-order valence-electron chi connectivity index (χ3n) is 8.90. The van der Waals surface area contributed by atoms with Crippen molar-refractivity contribution in [3.05, 3.63) is 35.9 Å². The van der Waals surface area contributed by atoms with Gasteiger partial charge in [-0.3, -0.25) is 39.0 Å². The first-order valence-corrected chi connectivity index (χ1v) is 20.3. The summed E-state index contributed by atoms with van der Waals surface area (Å²) in [6, 6.07) is 5.88. The van der Waals surface area contributed by atoms with Crippen molar-refractivity contribution in [1.82, 2.24) is 5.32 Å². The van der Waals surface area contributed by atoms with Crippen molar-refractivity contribution in [1.29, 1.82) is 5.41 Å². The van der Waals surface area contributed by atoms with Crippen molar-refractivity contribution < 1.29 is 100.0 Å². The second-order valence-electron chi connectivity index (χ2n) is 14.1. The number of methoxy groups -OCH3 is 1. The molecule has 3 rings (SSSR count). The summed E-state index contributed by atoms with van der Waals surface area (Å²) in [5, 5.41) is 10.8. The number of ether oxygens (including phenoxy) is 12. The van der Waals surface area contributed by atoms with Crippen molar-refractivity contribution in [3.8, 4) is 0 Å². The monoisotopic (exact) mass is 984 g/mol. The largest absolute Gasteiger partial charge is 0.465 e. The van der Waals surface area contributed by atoms with Gasteiger partial charge in [0.15, 0.2) is 24.4 Å². The van der Waals surface area contributed by atoms with Gasteiger partial charge in [-0.2, -0.15) is 0 Å². The number of amides is 1. The van der Waals surface area contributed by atoms with E-state index in [4.69, 9.17) is 97.1 Å². The van der Waals surface area contributed by atoms with Crippen molar-refractivity contribution in [2.45, 2.75) is 126 Å². The third kappa shape index (κ3) is 15.7. The maximum atomic E-state index is 14.4. The molecule has 23 nitrogen and oxygen atoms in total. The number of esters is 8. The van der Waals surface area contributed by atoms with E-state index in [1.165, 1.54) is 24.3 Å². The van der Waals surface area contributed by atoms with Crippen LogP contribution in [0, 0.1) is 5.41 Å². The van der Waals surface area contributed by atoms with Crippen LogP contribution in [0.4, 0.5) is 0 Å². The highest BCUT2D eigenvalue weighted by atomic mass is 35.6. The molecule has 26 heteroatoms. The van der Waals surface area contributed by atoms with E-state index in [2.05, 4.69) is 5.32 Å². The molecular weight excluding hydrogens is 939 g/mol. The summed E-state index contributed by atoms with van der Waals surface area (Å²) in [4.78, 5) is 116. The van der Waals surface area contributed by atoms with Crippen LogP contribution < -0.4 is 5.32 Å². The van der Waals surface area contributed by atoms with Crippen molar-refractivity contribution >= 4 is 94.4 Å². The van der Waals surface area contributed by atoms with Crippen LogP contribution in [0.1, 0.15) is 65.2 Å². The van der Waals surface area contributed by atoms with Gasteiger partial charge in [0.05, 0.1) is 25.1 Å². The highest BCUT2D eigenvalue weighted by Crippen LogP contribution is 2.42. The Balaban J connectivity index is 2.41. The molecule has 1 aromatic carbocycles. The van der Waals surface area contributed by atoms with E-state index in [9.17, 15) is 43.2 Å². The zero-order chi connectivity index (χ0) is 49.0. The summed E-state index contributed by atoms with van der Waals surface area (Å²) in [5.74, 6) is -13.6. The first kappa shape index (κ1) is 54.0. The molecule has 0 saturated carbocycles. The number of hydrogen-bond donors (Lipinski definition) is 2. The van der Waals surface area contributed by atoms with Crippen LogP contribution in [0.25, 0.3) is 0 Å². The zero-order valence-corrected chi connectivity index (χ0v) is 38.3. The van der Waals surface area contributed by atoms with E-state index in [1.54, 1.807) is 6.07 Å². The molecule has 2 saturated heterocycles. The normalized spacial score (nSPS) is 26.0. The Hall–Kier alpha value is -5.33. The zero-order valence-electron chi connectivity index (χ0n) is 36.0. The molecule has 0 spiro atoms. The molecule has 0 aliphatic carbocycles. The second kappa shape index (κ2) is 23.7. The van der Waals surface area contributed by atoms with E-state index >= 15 is 0 Å². The minimum Gasteiger partial charge on any atom is -0.465 e. The van der Waals surface area contributed by atoms with Gasteiger partial charge in [-0.25, -0.2) is 9.59 Å². The molecule has 65 heavy (non-hydrogen) atoms. The average molecular weight is 986 g/mol. The predicted octanol–water partition coefficient (Wildman–Crippen LogP) is 1.70. The molecule has 0 radical (unpaired) electrons. The smallest absolute Gasteiger partial charge is 0.366 e. The summed E-state index contributed by atoms with van der Waals surface area (Å²) < 4.78 is 65.3. The fourth-order valence-electron chi connectivity index (χ4n) is 6.63. The van der Waals surface area contributed by atoms with Gasteiger partial charge in [-0.05, 0) is 12.1 Å². The van der Waals surface area contributed by atoms with Gasteiger partial charge >= 0.3 is 47.8 Å². The summed E-state index contributed by atoms with van der Waals surface area (Å²) in [7, 11) is 0.857. The molecule has 0 bridgehead atoms. The van der Waals surface area contributed by atoms with Crippen LogP contribution in [-0.2, 0) is 95.2 Å². The number of alkyl halides is 3. The molecule has 1 aromatic rings. The standard InChI is InChI=1S/C39H47Cl3N2O21/c1-17(45)44-28-25(57-19(3)47)14-38(37(53)54-8,64-31(28)29(59-21(5)49)26(58-20(4)48)15-55-18(2)46)65-32-30(60-22(6)50)27(16-56-34(52)24-12-10-9-11-13-24)62-35(33(32)61-23(7)51)63-36(43)39(40,41)42/h9-13,25-33,35,43H,14-16H2,1-8H3,(H,44,45)/t25-,26+,27+,28+,29+,30-,31+,32-,33+,35-,38-/m0/s1. The first-order chi connectivity index (χ1) is 30.3. The molecule has 2 N–H and O–H groups in total. The lowest BCUT2D eigenvalue weighted by atomic mass is 9.87. The molecular formula is C39H47Cl3N2O21. The van der Waals surface area contributed by atoms with Crippen LogP contribution in [-0.4, -0.2) is 151 Å². The minimum atomic E-state index is -3.05. The summed E-state index contributed by atoms with van der Waals surface area (Å²) in [6.45, 7) is 5.05. The second-order valence-corrected chi connectivity index (χ2v) is 16.4. The lowest BCUT2D eigenvalue weighted by Crippen LogP contribution is -2.72. The van der Waals surface area contributed by atoms with Crippen molar-refractivity contribution in [2.24, 2.45) is 0 Å². The molecule has 0 aromatic heterocycles. The van der Waals surface area contributed by atoms with Crippen LogP contribution in [0.2, 0.25) is 0 Å². The number of benzene rings is 1. The van der Waals surface area contributed by atoms with Crippen molar-refractivity contribution in [3.63, 3.8) is 0 Å². The number of carbonyl (C=O) groups excluding carboxylic acids is 9. The molecule has 1 amide bonds. The number of nitrogens with one attached hydrogen (secondary N) is 2. The van der Waals surface area contributed by atoms with Crippen LogP contribution in [0.3, 0.4) is 0 Å². The Morgan fingerprint density at radius 1 is 0.769 bits per heavy atom. The van der Waals surface area contributed by atoms with Crippen LogP contribution in [0.5, 0.6) is 0 Å². The highest BCUT2D eigenvalue weighted by molar-refractivity contribution is 6.76. The summed E-state index contributed by atoms with van der Waals surface area (Å²) in [5.41, 5.74) is 0.0586. The highest BCUT2D eigenvalue weighted by Gasteiger charge is 2.63. The Morgan fingerprint density at radius 3 is 1.86 bits per heavy atom.